The summed E-state index contributed by atoms with van der Waals surface area (Å²) >= 11 is 0. The Hall–Kier alpha value is -1.05. The molecule has 0 aromatic rings. The van der Waals surface area contributed by atoms with E-state index in [4.69, 9.17) is 0 Å². The molecule has 1 fully saturated rings. The van der Waals surface area contributed by atoms with Gasteiger partial charge in [0, 0.05) is 13.1 Å². The predicted molar refractivity (Wildman–Crippen MR) is 61.4 cm³/mol. The van der Waals surface area contributed by atoms with Gasteiger partial charge in [0.05, 0.1) is 0 Å². The molecule has 0 radical (unpaired) electrons. The average molecular weight is 205 g/mol. The van der Waals surface area contributed by atoms with Crippen molar-refractivity contribution in [2.75, 3.05) is 13.1 Å². The van der Waals surface area contributed by atoms with Gasteiger partial charge in [-0.25, -0.2) is 0 Å². The summed E-state index contributed by atoms with van der Waals surface area (Å²) in [5, 5.41) is 0. The third kappa shape index (κ3) is 2.14. The molecule has 82 valence electrons. The lowest BCUT2D eigenvalue weighted by molar-refractivity contribution is -0.128. The normalized spacial score (nSPS) is 24.1. The molecule has 2 nitrogen and oxygen atoms in total. The van der Waals surface area contributed by atoms with Crippen LogP contribution in [0.1, 0.15) is 32.1 Å². The number of carbonyl (C=O) groups excluding carboxylic acids is 1. The molecule has 0 aromatic carbocycles. The zero-order valence-electron chi connectivity index (χ0n) is 9.24. The van der Waals surface area contributed by atoms with Gasteiger partial charge in [-0.05, 0) is 43.6 Å². The maximum Gasteiger partial charge on any atom is 0.245 e. The molecule has 0 atom stereocenters. The van der Waals surface area contributed by atoms with Crippen molar-refractivity contribution >= 4 is 5.91 Å². The van der Waals surface area contributed by atoms with Crippen molar-refractivity contribution in [1.82, 2.24) is 4.90 Å². The molecule has 0 N–H and O–H groups in total. The highest BCUT2D eigenvalue weighted by Gasteiger charge is 2.34. The topological polar surface area (TPSA) is 20.3 Å². The molecule has 15 heavy (non-hydrogen) atoms. The van der Waals surface area contributed by atoms with Gasteiger partial charge < -0.3 is 4.90 Å². The molecular formula is C13H19NO. The second-order valence-corrected chi connectivity index (χ2v) is 4.74. The first kappa shape index (κ1) is 10.5. The van der Waals surface area contributed by atoms with E-state index in [9.17, 15) is 4.79 Å². The number of carbonyl (C=O) groups is 1. The van der Waals surface area contributed by atoms with Crippen LogP contribution in [-0.4, -0.2) is 23.9 Å². The van der Waals surface area contributed by atoms with Crippen molar-refractivity contribution in [1.29, 1.82) is 0 Å². The molecular weight excluding hydrogens is 186 g/mol. The van der Waals surface area contributed by atoms with E-state index in [1.165, 1.54) is 25.3 Å². The van der Waals surface area contributed by atoms with Crippen LogP contribution >= 0.6 is 0 Å². The Morgan fingerprint density at radius 2 is 2.00 bits per heavy atom. The van der Waals surface area contributed by atoms with E-state index in [2.05, 4.69) is 18.7 Å². The fraction of sp³-hybridized carbons (Fsp3) is 0.615. The van der Waals surface area contributed by atoms with E-state index in [-0.39, 0.29) is 5.91 Å². The molecule has 0 bridgehead atoms. The quantitative estimate of drug-likeness (QED) is 0.476. The number of allylic oxidation sites excluding steroid dienone is 2. The first-order chi connectivity index (χ1) is 7.26. The Morgan fingerprint density at radius 1 is 1.27 bits per heavy atom. The summed E-state index contributed by atoms with van der Waals surface area (Å²) < 4.78 is 0. The van der Waals surface area contributed by atoms with Crippen molar-refractivity contribution in [3.8, 4) is 0 Å². The number of rotatable bonds is 1. The molecule has 1 amide bonds. The van der Waals surface area contributed by atoms with Crippen molar-refractivity contribution in [2.24, 2.45) is 5.41 Å². The Balaban J connectivity index is 1.94. The highest BCUT2D eigenvalue weighted by atomic mass is 16.2. The minimum atomic E-state index is 0.0937. The van der Waals surface area contributed by atoms with E-state index in [1.54, 1.807) is 0 Å². The van der Waals surface area contributed by atoms with E-state index in [1.807, 2.05) is 4.90 Å². The van der Waals surface area contributed by atoms with Gasteiger partial charge in [0.2, 0.25) is 5.91 Å². The summed E-state index contributed by atoms with van der Waals surface area (Å²) in [5.74, 6) is 0.0937. The van der Waals surface area contributed by atoms with Crippen LogP contribution in [0.25, 0.3) is 0 Å². The molecule has 0 aromatic heterocycles. The predicted octanol–water partition coefficient (Wildman–Crippen LogP) is 2.52. The minimum absolute atomic E-state index is 0.0937. The molecule has 0 unspecified atom stereocenters. The van der Waals surface area contributed by atoms with Gasteiger partial charge in [0.15, 0.2) is 0 Å². The number of piperidine rings is 1. The largest absolute Gasteiger partial charge is 0.339 e. The van der Waals surface area contributed by atoms with Crippen LogP contribution in [0.4, 0.5) is 0 Å². The average Bonchev–Trinajstić information content (AvgIpc) is 2.30. The Kier molecular flexibility index (Phi) is 2.94. The van der Waals surface area contributed by atoms with Crippen LogP contribution in [0.15, 0.2) is 24.8 Å². The Morgan fingerprint density at radius 3 is 2.53 bits per heavy atom. The molecule has 2 heteroatoms. The molecule has 1 saturated heterocycles. The molecule has 1 heterocycles. The van der Waals surface area contributed by atoms with E-state index in [0.717, 1.165) is 25.9 Å². The Bertz CT molecular complexity index is 285. The zero-order chi connectivity index (χ0) is 10.7. The number of hydrogen-bond donors (Lipinski definition) is 0. The van der Waals surface area contributed by atoms with Gasteiger partial charge in [-0.3, -0.25) is 4.79 Å². The number of likely N-dealkylation sites (tertiary alicyclic amines) is 1. The summed E-state index contributed by atoms with van der Waals surface area (Å²) in [5.41, 5.74) is 0.507. The highest BCUT2D eigenvalue weighted by Crippen LogP contribution is 2.42. The standard InChI is InChI=1S/C13H19NO/c1-2-12(15)14-10-8-13(9-11-14)6-4-3-5-7-13/h2-4H,1,5-11H2. The fourth-order valence-corrected chi connectivity index (χ4v) is 2.73. The van der Waals surface area contributed by atoms with Gasteiger partial charge in [-0.1, -0.05) is 18.7 Å². The summed E-state index contributed by atoms with van der Waals surface area (Å²) in [4.78, 5) is 13.4. The van der Waals surface area contributed by atoms with Crippen molar-refractivity contribution in [3.63, 3.8) is 0 Å². The van der Waals surface area contributed by atoms with Crippen LogP contribution in [0, 0.1) is 5.41 Å². The van der Waals surface area contributed by atoms with Gasteiger partial charge in [-0.15, -0.1) is 0 Å². The van der Waals surface area contributed by atoms with E-state index in [0.29, 0.717) is 5.41 Å². The van der Waals surface area contributed by atoms with Crippen LogP contribution < -0.4 is 0 Å². The van der Waals surface area contributed by atoms with E-state index < -0.39 is 0 Å². The van der Waals surface area contributed by atoms with E-state index >= 15 is 0 Å². The maximum atomic E-state index is 11.4. The SMILES string of the molecule is C=CC(=O)N1CCC2(CC=CCC2)CC1. The number of nitrogens with zero attached hydrogens (tertiary/aromatic N) is 1. The minimum Gasteiger partial charge on any atom is -0.339 e. The lowest BCUT2D eigenvalue weighted by atomic mass is 9.70. The zero-order valence-corrected chi connectivity index (χ0v) is 9.24. The highest BCUT2D eigenvalue weighted by molar-refractivity contribution is 5.87. The second kappa shape index (κ2) is 4.21. The smallest absolute Gasteiger partial charge is 0.245 e. The molecule has 1 aliphatic carbocycles. The lowest BCUT2D eigenvalue weighted by Crippen LogP contribution is -2.42. The number of hydrogen-bond acceptors (Lipinski definition) is 1. The molecule has 1 aliphatic heterocycles. The maximum absolute atomic E-state index is 11.4. The monoisotopic (exact) mass is 205 g/mol. The van der Waals surface area contributed by atoms with Crippen molar-refractivity contribution in [2.45, 2.75) is 32.1 Å². The van der Waals surface area contributed by atoms with Gasteiger partial charge >= 0.3 is 0 Å². The molecule has 0 saturated carbocycles. The number of amides is 1. The summed E-state index contributed by atoms with van der Waals surface area (Å²) in [6.45, 7) is 5.37. The van der Waals surface area contributed by atoms with Crippen LogP contribution in [0.2, 0.25) is 0 Å². The first-order valence-corrected chi connectivity index (χ1v) is 5.82. The van der Waals surface area contributed by atoms with Crippen molar-refractivity contribution < 1.29 is 4.79 Å². The molecule has 2 aliphatic rings. The fourth-order valence-electron chi connectivity index (χ4n) is 2.73. The summed E-state index contributed by atoms with van der Waals surface area (Å²) in [6.07, 6.45) is 12.1. The van der Waals surface area contributed by atoms with Gasteiger partial charge in [0.1, 0.15) is 0 Å². The Labute approximate surface area is 91.6 Å². The van der Waals surface area contributed by atoms with Crippen LogP contribution in [0.3, 0.4) is 0 Å². The third-order valence-corrected chi connectivity index (χ3v) is 3.87. The summed E-state index contributed by atoms with van der Waals surface area (Å²) in [7, 11) is 0. The second-order valence-electron chi connectivity index (χ2n) is 4.74. The van der Waals surface area contributed by atoms with Gasteiger partial charge in [0.25, 0.3) is 0 Å². The molecule has 1 spiro atoms. The summed E-state index contributed by atoms with van der Waals surface area (Å²) in [6, 6.07) is 0. The van der Waals surface area contributed by atoms with Crippen LogP contribution in [-0.2, 0) is 4.79 Å². The third-order valence-electron chi connectivity index (χ3n) is 3.87. The first-order valence-electron chi connectivity index (χ1n) is 5.82. The van der Waals surface area contributed by atoms with Crippen LogP contribution in [0.5, 0.6) is 0 Å². The van der Waals surface area contributed by atoms with Crippen molar-refractivity contribution in [3.05, 3.63) is 24.8 Å². The lowest BCUT2D eigenvalue weighted by Gasteiger charge is -2.42. The van der Waals surface area contributed by atoms with Gasteiger partial charge in [-0.2, -0.15) is 0 Å². The molecule has 2 rings (SSSR count).